The van der Waals surface area contributed by atoms with Crippen LogP contribution in [0, 0.1) is 6.92 Å². The predicted octanol–water partition coefficient (Wildman–Crippen LogP) is 2.23. The number of methoxy groups -OCH3 is 2. The van der Waals surface area contributed by atoms with Crippen molar-refractivity contribution in [3.8, 4) is 0 Å². The zero-order valence-corrected chi connectivity index (χ0v) is 9.60. The van der Waals surface area contributed by atoms with E-state index in [9.17, 15) is 0 Å². The molecular formula is C12H14N2O2. The zero-order valence-electron chi connectivity index (χ0n) is 9.60. The Balaban J connectivity index is 2.49. The van der Waals surface area contributed by atoms with Gasteiger partial charge < -0.3 is 9.47 Å². The van der Waals surface area contributed by atoms with Crippen LogP contribution < -0.4 is 0 Å². The molecule has 2 aromatic heterocycles. The largest absolute Gasteiger partial charge is 0.350 e. The van der Waals surface area contributed by atoms with Gasteiger partial charge in [-0.3, -0.25) is 0 Å². The highest BCUT2D eigenvalue weighted by atomic mass is 16.7. The van der Waals surface area contributed by atoms with E-state index >= 15 is 0 Å². The van der Waals surface area contributed by atoms with Gasteiger partial charge in [-0.1, -0.05) is 0 Å². The molecule has 0 aliphatic carbocycles. The van der Waals surface area contributed by atoms with E-state index in [2.05, 4.69) is 9.97 Å². The van der Waals surface area contributed by atoms with Crippen molar-refractivity contribution in [3.63, 3.8) is 0 Å². The molecule has 0 N–H and O–H groups in total. The summed E-state index contributed by atoms with van der Waals surface area (Å²) in [7, 11) is 3.17. The maximum atomic E-state index is 5.15. The second-order valence-electron chi connectivity index (χ2n) is 3.54. The first-order chi connectivity index (χ1) is 7.74. The van der Waals surface area contributed by atoms with Crippen LogP contribution in [0.5, 0.6) is 0 Å². The second-order valence-corrected chi connectivity index (χ2v) is 3.54. The van der Waals surface area contributed by atoms with Crippen LogP contribution in [0.4, 0.5) is 0 Å². The normalized spacial score (nSPS) is 11.2. The van der Waals surface area contributed by atoms with Gasteiger partial charge in [0.2, 0.25) is 6.29 Å². The van der Waals surface area contributed by atoms with Crippen LogP contribution in [0.1, 0.15) is 17.7 Å². The van der Waals surface area contributed by atoms with E-state index in [1.807, 2.05) is 31.2 Å². The monoisotopic (exact) mass is 218 g/mol. The zero-order chi connectivity index (χ0) is 11.5. The van der Waals surface area contributed by atoms with Gasteiger partial charge in [0, 0.05) is 25.3 Å². The van der Waals surface area contributed by atoms with Crippen molar-refractivity contribution in [1.82, 2.24) is 9.97 Å². The van der Waals surface area contributed by atoms with E-state index in [1.165, 1.54) is 0 Å². The molecule has 0 bridgehead atoms. The van der Waals surface area contributed by atoms with Crippen molar-refractivity contribution < 1.29 is 9.47 Å². The summed E-state index contributed by atoms with van der Waals surface area (Å²) in [6.07, 6.45) is -0.438. The summed E-state index contributed by atoms with van der Waals surface area (Å²) in [5.41, 5.74) is 2.40. The predicted molar refractivity (Wildman–Crippen MR) is 61.0 cm³/mol. The minimum Gasteiger partial charge on any atom is -0.350 e. The molecule has 0 fully saturated rings. The average Bonchev–Trinajstić information content (AvgIpc) is 2.30. The summed E-state index contributed by atoms with van der Waals surface area (Å²) in [5.74, 6) is 0. The molecule has 16 heavy (non-hydrogen) atoms. The maximum absolute atomic E-state index is 5.15. The molecule has 0 radical (unpaired) electrons. The van der Waals surface area contributed by atoms with Gasteiger partial charge in [0.15, 0.2) is 5.65 Å². The van der Waals surface area contributed by atoms with Gasteiger partial charge in [-0.25, -0.2) is 9.97 Å². The van der Waals surface area contributed by atoms with Crippen LogP contribution in [0.25, 0.3) is 11.0 Å². The highest BCUT2D eigenvalue weighted by molar-refractivity contribution is 5.74. The van der Waals surface area contributed by atoms with Gasteiger partial charge >= 0.3 is 0 Å². The number of fused-ring (bicyclic) bond motifs is 1. The minimum absolute atomic E-state index is 0.438. The first kappa shape index (κ1) is 11.0. The van der Waals surface area contributed by atoms with Gasteiger partial charge in [-0.15, -0.1) is 0 Å². The summed E-state index contributed by atoms with van der Waals surface area (Å²) in [5, 5.41) is 1.01. The Labute approximate surface area is 94.2 Å². The number of nitrogens with zero attached hydrogens (tertiary/aromatic N) is 2. The van der Waals surface area contributed by atoms with Gasteiger partial charge in [0.25, 0.3) is 0 Å². The molecular weight excluding hydrogens is 204 g/mol. The Morgan fingerprint density at radius 3 is 2.38 bits per heavy atom. The quantitative estimate of drug-likeness (QED) is 0.741. The molecule has 0 spiro atoms. The van der Waals surface area contributed by atoms with E-state index in [4.69, 9.17) is 9.47 Å². The smallest absolute Gasteiger partial charge is 0.200 e. The third kappa shape index (κ3) is 2.03. The summed E-state index contributed by atoms with van der Waals surface area (Å²) < 4.78 is 10.3. The Kier molecular flexibility index (Phi) is 3.12. The summed E-state index contributed by atoms with van der Waals surface area (Å²) >= 11 is 0. The number of pyridine rings is 2. The molecule has 0 atom stereocenters. The molecule has 84 valence electrons. The summed E-state index contributed by atoms with van der Waals surface area (Å²) in [6, 6.07) is 7.82. The number of hydrogen-bond acceptors (Lipinski definition) is 4. The molecule has 2 aromatic rings. The Morgan fingerprint density at radius 1 is 1.00 bits per heavy atom. The van der Waals surface area contributed by atoms with Crippen LogP contribution in [0.15, 0.2) is 24.3 Å². The van der Waals surface area contributed by atoms with Crippen LogP contribution >= 0.6 is 0 Å². The molecule has 0 unspecified atom stereocenters. The number of hydrogen-bond donors (Lipinski definition) is 0. The molecule has 0 aliphatic rings. The topological polar surface area (TPSA) is 44.2 Å². The molecule has 2 heterocycles. The summed E-state index contributed by atoms with van der Waals surface area (Å²) in [6.45, 7) is 1.94. The maximum Gasteiger partial charge on any atom is 0.200 e. The van der Waals surface area contributed by atoms with Crippen LogP contribution in [-0.2, 0) is 9.47 Å². The third-order valence-electron chi connectivity index (χ3n) is 2.38. The van der Waals surface area contributed by atoms with Crippen molar-refractivity contribution >= 4 is 11.0 Å². The first-order valence-electron chi connectivity index (χ1n) is 5.04. The highest BCUT2D eigenvalue weighted by Crippen LogP contribution is 2.18. The fraction of sp³-hybridized carbons (Fsp3) is 0.333. The van der Waals surface area contributed by atoms with Gasteiger partial charge in [0.1, 0.15) is 0 Å². The van der Waals surface area contributed by atoms with Gasteiger partial charge in [-0.05, 0) is 31.2 Å². The van der Waals surface area contributed by atoms with E-state index in [1.54, 1.807) is 14.2 Å². The molecule has 0 aromatic carbocycles. The number of ether oxygens (including phenoxy) is 2. The summed E-state index contributed by atoms with van der Waals surface area (Å²) in [4.78, 5) is 8.78. The molecule has 0 saturated heterocycles. The highest BCUT2D eigenvalue weighted by Gasteiger charge is 2.11. The van der Waals surface area contributed by atoms with Crippen molar-refractivity contribution in [2.75, 3.05) is 14.2 Å². The number of aromatic nitrogens is 2. The molecule has 4 heteroatoms. The van der Waals surface area contributed by atoms with Gasteiger partial charge in [-0.2, -0.15) is 0 Å². The van der Waals surface area contributed by atoms with Gasteiger partial charge in [0.05, 0.1) is 5.69 Å². The molecule has 0 amide bonds. The lowest BCUT2D eigenvalue weighted by Gasteiger charge is -2.12. The van der Waals surface area contributed by atoms with E-state index in [-0.39, 0.29) is 0 Å². The van der Waals surface area contributed by atoms with Crippen molar-refractivity contribution in [2.45, 2.75) is 13.2 Å². The fourth-order valence-corrected chi connectivity index (χ4v) is 1.58. The lowest BCUT2D eigenvalue weighted by Crippen LogP contribution is -2.06. The number of rotatable bonds is 3. The Morgan fingerprint density at radius 2 is 1.69 bits per heavy atom. The standard InChI is InChI=1S/C12H14N2O2/c1-8-4-5-9-6-7-10(12(15-2)16-3)14-11(9)13-8/h4-7,12H,1-3H3. The lowest BCUT2D eigenvalue weighted by atomic mass is 10.2. The Bertz CT molecular complexity index is 495. The van der Waals surface area contributed by atoms with E-state index in [0.717, 1.165) is 22.4 Å². The first-order valence-corrected chi connectivity index (χ1v) is 5.04. The van der Waals surface area contributed by atoms with Crippen LogP contribution in [0.2, 0.25) is 0 Å². The van der Waals surface area contributed by atoms with Crippen molar-refractivity contribution in [1.29, 1.82) is 0 Å². The lowest BCUT2D eigenvalue weighted by molar-refractivity contribution is -0.108. The second kappa shape index (κ2) is 4.55. The molecule has 2 rings (SSSR count). The van der Waals surface area contributed by atoms with Crippen molar-refractivity contribution in [3.05, 3.63) is 35.7 Å². The van der Waals surface area contributed by atoms with Crippen LogP contribution in [0.3, 0.4) is 0 Å². The van der Waals surface area contributed by atoms with E-state index in [0.29, 0.717) is 0 Å². The SMILES string of the molecule is COC(OC)c1ccc2ccc(C)nc2n1. The molecule has 0 aliphatic heterocycles. The Hall–Kier alpha value is -1.52. The third-order valence-corrected chi connectivity index (χ3v) is 2.38. The van der Waals surface area contributed by atoms with Crippen molar-refractivity contribution in [2.24, 2.45) is 0 Å². The molecule has 4 nitrogen and oxygen atoms in total. The van der Waals surface area contributed by atoms with Crippen LogP contribution in [-0.4, -0.2) is 24.2 Å². The minimum atomic E-state index is -0.438. The number of aryl methyl sites for hydroxylation is 1. The molecule has 0 saturated carbocycles. The fourth-order valence-electron chi connectivity index (χ4n) is 1.58. The van der Waals surface area contributed by atoms with E-state index < -0.39 is 6.29 Å². The average molecular weight is 218 g/mol.